The largest absolute Gasteiger partial charge is 0.481 e. The first kappa shape index (κ1) is 15.0. The van der Waals surface area contributed by atoms with Crippen molar-refractivity contribution in [2.75, 3.05) is 6.54 Å². The van der Waals surface area contributed by atoms with Gasteiger partial charge in [-0.3, -0.25) is 9.48 Å². The molecule has 1 aromatic heterocycles. The van der Waals surface area contributed by atoms with Crippen molar-refractivity contribution in [3.63, 3.8) is 0 Å². The number of hydrogen-bond donors (Lipinski definition) is 2. The van der Waals surface area contributed by atoms with E-state index in [0.717, 1.165) is 24.2 Å². The zero-order valence-corrected chi connectivity index (χ0v) is 11.6. The van der Waals surface area contributed by atoms with Gasteiger partial charge in [-0.1, -0.05) is 18.0 Å². The van der Waals surface area contributed by atoms with E-state index >= 15 is 0 Å². The SMILES string of the molecule is Cc1nn(C)c(CC(CCCCN)C(=O)O)c1Cl. The van der Waals surface area contributed by atoms with Crippen LogP contribution >= 0.6 is 11.6 Å². The molecule has 1 rings (SSSR count). The highest BCUT2D eigenvalue weighted by Crippen LogP contribution is 2.24. The zero-order chi connectivity index (χ0) is 13.7. The van der Waals surface area contributed by atoms with Gasteiger partial charge in [0.2, 0.25) is 0 Å². The third-order valence-electron chi connectivity index (χ3n) is 3.06. The van der Waals surface area contributed by atoms with Crippen molar-refractivity contribution >= 4 is 17.6 Å². The van der Waals surface area contributed by atoms with Crippen LogP contribution in [0.2, 0.25) is 5.02 Å². The van der Waals surface area contributed by atoms with Crippen LogP contribution in [0, 0.1) is 12.8 Å². The number of nitrogens with two attached hydrogens (primary N) is 1. The Kier molecular flexibility index (Phi) is 5.62. The van der Waals surface area contributed by atoms with Crippen molar-refractivity contribution in [1.82, 2.24) is 9.78 Å². The number of aromatic nitrogens is 2. The molecule has 0 saturated carbocycles. The van der Waals surface area contributed by atoms with Crippen molar-refractivity contribution in [3.05, 3.63) is 16.4 Å². The lowest BCUT2D eigenvalue weighted by molar-refractivity contribution is -0.142. The van der Waals surface area contributed by atoms with Crippen LogP contribution < -0.4 is 5.73 Å². The Balaban J connectivity index is 2.74. The predicted molar refractivity (Wildman–Crippen MR) is 70.7 cm³/mol. The van der Waals surface area contributed by atoms with E-state index < -0.39 is 11.9 Å². The smallest absolute Gasteiger partial charge is 0.306 e. The first-order chi connectivity index (χ1) is 8.47. The minimum Gasteiger partial charge on any atom is -0.481 e. The Hall–Kier alpha value is -1.07. The topological polar surface area (TPSA) is 81.1 Å². The molecule has 1 aromatic rings. The molecule has 3 N–H and O–H groups in total. The Bertz CT molecular complexity index is 418. The lowest BCUT2D eigenvalue weighted by Gasteiger charge is -2.12. The summed E-state index contributed by atoms with van der Waals surface area (Å²) in [6.07, 6.45) is 2.70. The Morgan fingerprint density at radius 3 is 2.67 bits per heavy atom. The molecule has 18 heavy (non-hydrogen) atoms. The van der Waals surface area contributed by atoms with Gasteiger partial charge in [0.25, 0.3) is 0 Å². The number of halogens is 1. The molecule has 6 heteroatoms. The maximum atomic E-state index is 11.2. The highest BCUT2D eigenvalue weighted by Gasteiger charge is 2.22. The Morgan fingerprint density at radius 2 is 2.22 bits per heavy atom. The molecule has 0 saturated heterocycles. The summed E-state index contributed by atoms with van der Waals surface area (Å²) < 4.78 is 1.66. The molecule has 0 bridgehead atoms. The van der Waals surface area contributed by atoms with E-state index in [-0.39, 0.29) is 0 Å². The van der Waals surface area contributed by atoms with Crippen molar-refractivity contribution in [2.45, 2.75) is 32.6 Å². The molecular formula is C12H20ClN3O2. The van der Waals surface area contributed by atoms with Crippen LogP contribution in [0.5, 0.6) is 0 Å². The van der Waals surface area contributed by atoms with Crippen molar-refractivity contribution in [2.24, 2.45) is 18.7 Å². The molecular weight excluding hydrogens is 254 g/mol. The average Bonchev–Trinajstić information content (AvgIpc) is 2.54. The summed E-state index contributed by atoms with van der Waals surface area (Å²) in [6, 6.07) is 0. The van der Waals surface area contributed by atoms with Crippen LogP contribution in [0.4, 0.5) is 0 Å². The second-order valence-electron chi connectivity index (χ2n) is 4.49. The lowest BCUT2D eigenvalue weighted by Crippen LogP contribution is -2.18. The number of hydrogen-bond acceptors (Lipinski definition) is 3. The zero-order valence-electron chi connectivity index (χ0n) is 10.8. The number of nitrogens with zero attached hydrogens (tertiary/aromatic N) is 2. The van der Waals surface area contributed by atoms with Crippen molar-refractivity contribution in [1.29, 1.82) is 0 Å². The number of rotatable bonds is 7. The fourth-order valence-electron chi connectivity index (χ4n) is 1.98. The standard InChI is InChI=1S/C12H20ClN3O2/c1-8-11(13)10(16(2)15-8)7-9(12(17)18)5-3-4-6-14/h9H,3-7,14H2,1-2H3,(H,17,18). The Morgan fingerprint density at radius 1 is 1.56 bits per heavy atom. The van der Waals surface area contributed by atoms with Crippen LogP contribution in [0.15, 0.2) is 0 Å². The third kappa shape index (κ3) is 3.71. The fraction of sp³-hybridized carbons (Fsp3) is 0.667. The summed E-state index contributed by atoms with van der Waals surface area (Å²) in [6.45, 7) is 2.41. The number of aryl methyl sites for hydroxylation is 2. The lowest BCUT2D eigenvalue weighted by atomic mass is 9.96. The first-order valence-electron chi connectivity index (χ1n) is 6.08. The van der Waals surface area contributed by atoms with Gasteiger partial charge in [0.15, 0.2) is 0 Å². The minimum atomic E-state index is -0.790. The van der Waals surface area contributed by atoms with Crippen molar-refractivity contribution in [3.8, 4) is 0 Å². The van der Waals surface area contributed by atoms with E-state index in [4.69, 9.17) is 17.3 Å². The maximum absolute atomic E-state index is 11.2. The van der Waals surface area contributed by atoms with Gasteiger partial charge in [-0.25, -0.2) is 0 Å². The van der Waals surface area contributed by atoms with Crippen LogP contribution in [-0.4, -0.2) is 27.4 Å². The van der Waals surface area contributed by atoms with E-state index in [9.17, 15) is 9.90 Å². The molecule has 0 aliphatic rings. The van der Waals surface area contributed by atoms with Crippen LogP contribution in [-0.2, 0) is 18.3 Å². The van der Waals surface area contributed by atoms with Crippen LogP contribution in [0.3, 0.4) is 0 Å². The van der Waals surface area contributed by atoms with Gasteiger partial charge in [0, 0.05) is 13.5 Å². The molecule has 102 valence electrons. The van der Waals surface area contributed by atoms with Crippen LogP contribution in [0.1, 0.15) is 30.7 Å². The molecule has 0 spiro atoms. The second-order valence-corrected chi connectivity index (χ2v) is 4.87. The van der Waals surface area contributed by atoms with Gasteiger partial charge < -0.3 is 10.8 Å². The highest BCUT2D eigenvalue weighted by molar-refractivity contribution is 6.31. The fourth-order valence-corrected chi connectivity index (χ4v) is 2.22. The minimum absolute atomic E-state index is 0.413. The highest BCUT2D eigenvalue weighted by atomic mass is 35.5. The average molecular weight is 274 g/mol. The third-order valence-corrected chi connectivity index (χ3v) is 3.55. The summed E-state index contributed by atoms with van der Waals surface area (Å²) in [5.41, 5.74) is 6.94. The first-order valence-corrected chi connectivity index (χ1v) is 6.46. The van der Waals surface area contributed by atoms with Gasteiger partial charge in [0.05, 0.1) is 22.3 Å². The van der Waals surface area contributed by atoms with E-state index in [1.165, 1.54) is 0 Å². The van der Waals surface area contributed by atoms with E-state index in [2.05, 4.69) is 5.10 Å². The molecule has 1 atom stereocenters. The predicted octanol–water partition coefficient (Wildman–Crippen LogP) is 1.75. The summed E-state index contributed by atoms with van der Waals surface area (Å²) in [4.78, 5) is 11.2. The summed E-state index contributed by atoms with van der Waals surface area (Å²) >= 11 is 6.13. The van der Waals surface area contributed by atoms with E-state index in [1.54, 1.807) is 11.7 Å². The molecule has 5 nitrogen and oxygen atoms in total. The quantitative estimate of drug-likeness (QED) is 0.742. The molecule has 0 amide bonds. The molecule has 0 aliphatic carbocycles. The second kappa shape index (κ2) is 6.75. The number of aliphatic carboxylic acids is 1. The summed E-state index contributed by atoms with van der Waals surface area (Å²) in [7, 11) is 1.78. The number of carboxylic acid groups (broad SMARTS) is 1. The molecule has 0 radical (unpaired) electrons. The summed E-state index contributed by atoms with van der Waals surface area (Å²) in [5, 5.41) is 14.0. The van der Waals surface area contributed by atoms with E-state index in [1.807, 2.05) is 6.92 Å². The maximum Gasteiger partial charge on any atom is 0.306 e. The van der Waals surface area contributed by atoms with Gasteiger partial charge in [0.1, 0.15) is 0 Å². The molecule has 1 heterocycles. The normalized spacial score (nSPS) is 12.7. The number of carboxylic acids is 1. The summed E-state index contributed by atoms with van der Waals surface area (Å²) in [5.74, 6) is -1.22. The molecule has 0 aliphatic heterocycles. The van der Waals surface area contributed by atoms with Gasteiger partial charge in [-0.2, -0.15) is 5.10 Å². The monoisotopic (exact) mass is 273 g/mol. The Labute approximate surface area is 112 Å². The van der Waals surface area contributed by atoms with Gasteiger partial charge >= 0.3 is 5.97 Å². The number of carbonyl (C=O) groups is 1. The van der Waals surface area contributed by atoms with E-state index in [0.29, 0.717) is 24.4 Å². The number of unbranched alkanes of at least 4 members (excludes halogenated alkanes) is 1. The molecule has 1 unspecified atom stereocenters. The van der Waals surface area contributed by atoms with Crippen LogP contribution in [0.25, 0.3) is 0 Å². The molecule has 0 aromatic carbocycles. The van der Waals surface area contributed by atoms with Gasteiger partial charge in [-0.05, 0) is 26.3 Å². The van der Waals surface area contributed by atoms with Crippen molar-refractivity contribution < 1.29 is 9.90 Å². The molecule has 0 fully saturated rings. The van der Waals surface area contributed by atoms with Gasteiger partial charge in [-0.15, -0.1) is 0 Å².